The largest absolute Gasteiger partial charge is 0.393 e. The predicted octanol–water partition coefficient (Wildman–Crippen LogP) is 2.17. The molecule has 0 radical (unpaired) electrons. The van der Waals surface area contributed by atoms with Crippen LogP contribution in [0.5, 0.6) is 0 Å². The first kappa shape index (κ1) is 14.4. The number of hydrogen-bond donors (Lipinski definition) is 2. The van der Waals surface area contributed by atoms with Crippen LogP contribution < -0.4 is 5.32 Å². The Hall–Kier alpha value is -0.650. The van der Waals surface area contributed by atoms with Crippen molar-refractivity contribution in [3.8, 4) is 0 Å². The topological polar surface area (TPSA) is 48.4 Å². The number of hydrogen-bond acceptors (Lipinski definition) is 5. The number of aliphatic hydroxyl groups excluding tert-OH is 1. The summed E-state index contributed by atoms with van der Waals surface area (Å²) < 4.78 is 0. The molecule has 4 nitrogen and oxygen atoms in total. The van der Waals surface area contributed by atoms with Gasteiger partial charge in [-0.15, -0.1) is 11.3 Å². The van der Waals surface area contributed by atoms with E-state index in [-0.39, 0.29) is 6.10 Å². The maximum Gasteiger partial charge on any atom is 0.182 e. The Kier molecular flexibility index (Phi) is 6.47. The van der Waals surface area contributed by atoms with E-state index in [1.807, 2.05) is 13.1 Å². The van der Waals surface area contributed by atoms with Gasteiger partial charge in [-0.3, -0.25) is 0 Å². The van der Waals surface area contributed by atoms with Crippen LogP contribution in [0.4, 0.5) is 5.13 Å². The molecule has 1 aromatic heterocycles. The van der Waals surface area contributed by atoms with E-state index in [1.165, 1.54) is 4.88 Å². The molecule has 0 aliphatic heterocycles. The molecule has 5 heteroatoms. The third-order valence-electron chi connectivity index (χ3n) is 2.43. The standard InChI is InChI=1S/C12H23N3OS/c1-4-6-13-12-14-8-11(17-12)9-15(3)7-5-10(2)16/h8,10,16H,4-7,9H2,1-3H3,(H,13,14). The van der Waals surface area contributed by atoms with Gasteiger partial charge in [-0.05, 0) is 26.8 Å². The molecule has 98 valence electrons. The highest BCUT2D eigenvalue weighted by atomic mass is 32.1. The lowest BCUT2D eigenvalue weighted by molar-refractivity contribution is 0.163. The normalized spacial score (nSPS) is 13.0. The molecule has 0 fully saturated rings. The Morgan fingerprint density at radius 3 is 3.00 bits per heavy atom. The quantitative estimate of drug-likeness (QED) is 0.749. The summed E-state index contributed by atoms with van der Waals surface area (Å²) in [6, 6.07) is 0. The molecule has 0 amide bonds. The molecule has 0 bridgehead atoms. The highest BCUT2D eigenvalue weighted by molar-refractivity contribution is 7.15. The van der Waals surface area contributed by atoms with Crippen LogP contribution in [0.2, 0.25) is 0 Å². The number of anilines is 1. The summed E-state index contributed by atoms with van der Waals surface area (Å²) in [5.74, 6) is 0. The van der Waals surface area contributed by atoms with Gasteiger partial charge in [0.25, 0.3) is 0 Å². The Morgan fingerprint density at radius 1 is 1.59 bits per heavy atom. The number of nitrogens with zero attached hydrogens (tertiary/aromatic N) is 2. The fraction of sp³-hybridized carbons (Fsp3) is 0.750. The number of aliphatic hydroxyl groups is 1. The van der Waals surface area contributed by atoms with Crippen LogP contribution in [-0.4, -0.2) is 41.2 Å². The maximum atomic E-state index is 9.22. The van der Waals surface area contributed by atoms with E-state index in [2.05, 4.69) is 29.2 Å². The summed E-state index contributed by atoms with van der Waals surface area (Å²) in [6.07, 6.45) is 3.64. The first-order chi connectivity index (χ1) is 8.11. The third kappa shape index (κ3) is 6.00. The Morgan fingerprint density at radius 2 is 2.35 bits per heavy atom. The molecular weight excluding hydrogens is 234 g/mol. The second kappa shape index (κ2) is 7.63. The number of thiazole rings is 1. The smallest absolute Gasteiger partial charge is 0.182 e. The summed E-state index contributed by atoms with van der Waals surface area (Å²) in [6.45, 7) is 6.76. The van der Waals surface area contributed by atoms with Gasteiger partial charge in [0.2, 0.25) is 0 Å². The van der Waals surface area contributed by atoms with Crippen molar-refractivity contribution in [2.75, 3.05) is 25.5 Å². The van der Waals surface area contributed by atoms with Crippen molar-refractivity contribution < 1.29 is 5.11 Å². The third-order valence-corrected chi connectivity index (χ3v) is 3.37. The Bertz CT molecular complexity index is 314. The van der Waals surface area contributed by atoms with E-state index in [1.54, 1.807) is 11.3 Å². The number of nitrogens with one attached hydrogen (secondary N) is 1. The molecule has 1 heterocycles. The Balaban J connectivity index is 2.32. The molecule has 1 atom stereocenters. The molecule has 1 rings (SSSR count). The molecule has 2 N–H and O–H groups in total. The van der Waals surface area contributed by atoms with E-state index >= 15 is 0 Å². The van der Waals surface area contributed by atoms with Crippen LogP contribution in [0, 0.1) is 0 Å². The van der Waals surface area contributed by atoms with E-state index in [4.69, 9.17) is 0 Å². The van der Waals surface area contributed by atoms with Crippen molar-refractivity contribution in [1.29, 1.82) is 0 Å². The molecular formula is C12H23N3OS. The lowest BCUT2D eigenvalue weighted by Crippen LogP contribution is -2.21. The zero-order valence-electron chi connectivity index (χ0n) is 10.9. The first-order valence-corrected chi connectivity index (χ1v) is 6.98. The highest BCUT2D eigenvalue weighted by Crippen LogP contribution is 2.19. The molecule has 0 aliphatic rings. The molecule has 0 saturated heterocycles. The number of aromatic nitrogens is 1. The summed E-state index contributed by atoms with van der Waals surface area (Å²) in [4.78, 5) is 7.81. The van der Waals surface area contributed by atoms with Crippen molar-refractivity contribution in [3.63, 3.8) is 0 Å². The SMILES string of the molecule is CCCNc1ncc(CN(C)CCC(C)O)s1. The zero-order valence-corrected chi connectivity index (χ0v) is 11.8. The summed E-state index contributed by atoms with van der Waals surface area (Å²) in [5.41, 5.74) is 0. The minimum Gasteiger partial charge on any atom is -0.393 e. The molecule has 1 unspecified atom stereocenters. The Labute approximate surface area is 108 Å². The van der Waals surface area contributed by atoms with E-state index in [9.17, 15) is 5.11 Å². The van der Waals surface area contributed by atoms with Gasteiger partial charge < -0.3 is 15.3 Å². The molecule has 0 aromatic carbocycles. The van der Waals surface area contributed by atoms with Gasteiger partial charge in [0.1, 0.15) is 0 Å². The summed E-state index contributed by atoms with van der Waals surface area (Å²) in [5, 5.41) is 13.5. The monoisotopic (exact) mass is 257 g/mol. The molecule has 0 spiro atoms. The predicted molar refractivity (Wildman–Crippen MR) is 73.5 cm³/mol. The van der Waals surface area contributed by atoms with Crippen LogP contribution in [0.3, 0.4) is 0 Å². The van der Waals surface area contributed by atoms with Gasteiger partial charge in [0, 0.05) is 30.7 Å². The van der Waals surface area contributed by atoms with Gasteiger partial charge in [0.05, 0.1) is 6.10 Å². The zero-order chi connectivity index (χ0) is 12.7. The number of rotatable bonds is 8. The van der Waals surface area contributed by atoms with E-state index in [0.717, 1.165) is 37.6 Å². The van der Waals surface area contributed by atoms with Crippen molar-refractivity contribution in [2.45, 2.75) is 39.3 Å². The summed E-state index contributed by atoms with van der Waals surface area (Å²) >= 11 is 1.71. The van der Waals surface area contributed by atoms with Crippen LogP contribution in [0.1, 0.15) is 31.6 Å². The fourth-order valence-corrected chi connectivity index (χ4v) is 2.36. The molecule has 17 heavy (non-hydrogen) atoms. The van der Waals surface area contributed by atoms with Crippen molar-refractivity contribution in [1.82, 2.24) is 9.88 Å². The minimum absolute atomic E-state index is 0.222. The van der Waals surface area contributed by atoms with Gasteiger partial charge in [-0.1, -0.05) is 6.92 Å². The summed E-state index contributed by atoms with van der Waals surface area (Å²) in [7, 11) is 2.07. The second-order valence-electron chi connectivity index (χ2n) is 4.43. The van der Waals surface area contributed by atoms with E-state index in [0.29, 0.717) is 0 Å². The van der Waals surface area contributed by atoms with Gasteiger partial charge in [-0.2, -0.15) is 0 Å². The second-order valence-corrected chi connectivity index (χ2v) is 5.55. The van der Waals surface area contributed by atoms with Crippen molar-refractivity contribution >= 4 is 16.5 Å². The average molecular weight is 257 g/mol. The van der Waals surface area contributed by atoms with Crippen LogP contribution in [-0.2, 0) is 6.54 Å². The molecule has 0 aliphatic carbocycles. The van der Waals surface area contributed by atoms with Gasteiger partial charge in [0.15, 0.2) is 5.13 Å². The molecule has 1 aromatic rings. The fourth-order valence-electron chi connectivity index (χ4n) is 1.45. The highest BCUT2D eigenvalue weighted by Gasteiger charge is 2.06. The minimum atomic E-state index is -0.222. The maximum absolute atomic E-state index is 9.22. The first-order valence-electron chi connectivity index (χ1n) is 6.17. The van der Waals surface area contributed by atoms with Crippen LogP contribution >= 0.6 is 11.3 Å². The van der Waals surface area contributed by atoms with Crippen molar-refractivity contribution in [2.24, 2.45) is 0 Å². The van der Waals surface area contributed by atoms with Gasteiger partial charge >= 0.3 is 0 Å². The lowest BCUT2D eigenvalue weighted by atomic mass is 10.3. The lowest BCUT2D eigenvalue weighted by Gasteiger charge is -2.15. The van der Waals surface area contributed by atoms with Crippen molar-refractivity contribution in [3.05, 3.63) is 11.1 Å². The van der Waals surface area contributed by atoms with E-state index < -0.39 is 0 Å². The molecule has 0 saturated carbocycles. The average Bonchev–Trinajstić information content (AvgIpc) is 2.71. The van der Waals surface area contributed by atoms with Gasteiger partial charge in [-0.25, -0.2) is 4.98 Å². The van der Waals surface area contributed by atoms with Crippen LogP contribution in [0.25, 0.3) is 0 Å². The van der Waals surface area contributed by atoms with Crippen LogP contribution in [0.15, 0.2) is 6.20 Å².